The molecular formula is C15H26N2O. The van der Waals surface area contributed by atoms with E-state index in [1.54, 1.807) is 0 Å². The summed E-state index contributed by atoms with van der Waals surface area (Å²) >= 11 is 0. The third kappa shape index (κ3) is 2.94. The van der Waals surface area contributed by atoms with Crippen LogP contribution < -0.4 is 5.32 Å². The largest absolute Gasteiger partial charge is 0.361 e. The van der Waals surface area contributed by atoms with Crippen molar-refractivity contribution in [2.24, 2.45) is 11.3 Å². The Labute approximate surface area is 110 Å². The maximum atomic E-state index is 5.49. The van der Waals surface area contributed by atoms with Crippen molar-refractivity contribution >= 4 is 0 Å². The van der Waals surface area contributed by atoms with Gasteiger partial charge in [-0.25, -0.2) is 0 Å². The number of fused-ring (bicyclic) bond motifs is 1. The van der Waals surface area contributed by atoms with Crippen LogP contribution in [0.25, 0.3) is 0 Å². The van der Waals surface area contributed by atoms with E-state index in [0.29, 0.717) is 5.41 Å². The van der Waals surface area contributed by atoms with Gasteiger partial charge in [0.25, 0.3) is 0 Å². The summed E-state index contributed by atoms with van der Waals surface area (Å²) in [5, 5.41) is 7.67. The van der Waals surface area contributed by atoms with Gasteiger partial charge < -0.3 is 9.84 Å². The minimum absolute atomic E-state index is 0.378. The summed E-state index contributed by atoms with van der Waals surface area (Å²) in [5.74, 6) is 1.87. The Bertz CT molecular complexity index is 390. The van der Waals surface area contributed by atoms with E-state index in [1.807, 2.05) is 0 Å². The number of aryl methyl sites for hydroxylation is 1. The van der Waals surface area contributed by atoms with Crippen molar-refractivity contribution in [2.75, 3.05) is 6.54 Å². The molecule has 0 spiro atoms. The van der Waals surface area contributed by atoms with Gasteiger partial charge in [0.15, 0.2) is 0 Å². The predicted octanol–water partition coefficient (Wildman–Crippen LogP) is 3.33. The Morgan fingerprint density at radius 2 is 2.17 bits per heavy atom. The summed E-state index contributed by atoms with van der Waals surface area (Å²) in [6.07, 6.45) is 4.57. The van der Waals surface area contributed by atoms with Crippen LogP contribution >= 0.6 is 0 Å². The lowest BCUT2D eigenvalue weighted by Crippen LogP contribution is -2.27. The molecule has 1 N–H and O–H groups in total. The molecule has 18 heavy (non-hydrogen) atoms. The topological polar surface area (TPSA) is 38.1 Å². The molecule has 0 amide bonds. The predicted molar refractivity (Wildman–Crippen MR) is 73.5 cm³/mol. The summed E-state index contributed by atoms with van der Waals surface area (Å²) < 4.78 is 5.49. The number of nitrogens with one attached hydrogen (secondary N) is 1. The molecule has 1 aromatic heterocycles. The summed E-state index contributed by atoms with van der Waals surface area (Å²) in [5.41, 5.74) is 2.89. The van der Waals surface area contributed by atoms with Gasteiger partial charge in [-0.05, 0) is 37.1 Å². The highest BCUT2D eigenvalue weighted by molar-refractivity contribution is 5.26. The van der Waals surface area contributed by atoms with Crippen molar-refractivity contribution in [1.82, 2.24) is 10.5 Å². The number of hydrogen-bond acceptors (Lipinski definition) is 3. The molecule has 1 heterocycles. The first-order chi connectivity index (χ1) is 8.52. The Morgan fingerprint density at radius 1 is 1.39 bits per heavy atom. The Morgan fingerprint density at radius 3 is 2.83 bits per heavy atom. The third-order valence-corrected chi connectivity index (χ3v) is 4.07. The average molecular weight is 250 g/mol. The summed E-state index contributed by atoms with van der Waals surface area (Å²) in [6, 6.07) is 0. The Balaban J connectivity index is 2.07. The molecule has 0 radical (unpaired) electrons. The van der Waals surface area contributed by atoms with E-state index in [-0.39, 0.29) is 0 Å². The van der Waals surface area contributed by atoms with Crippen LogP contribution in [0.5, 0.6) is 0 Å². The van der Waals surface area contributed by atoms with Crippen molar-refractivity contribution < 1.29 is 4.52 Å². The summed E-state index contributed by atoms with van der Waals surface area (Å²) in [4.78, 5) is 0. The number of nitrogens with zero attached hydrogens (tertiary/aromatic N) is 1. The molecule has 2 rings (SSSR count). The van der Waals surface area contributed by atoms with Crippen molar-refractivity contribution in [3.8, 4) is 0 Å². The van der Waals surface area contributed by atoms with Gasteiger partial charge in [-0.15, -0.1) is 0 Å². The van der Waals surface area contributed by atoms with Crippen LogP contribution in [0, 0.1) is 11.3 Å². The molecule has 0 bridgehead atoms. The maximum Gasteiger partial charge on any atom is 0.140 e. The lowest BCUT2D eigenvalue weighted by molar-refractivity contribution is 0.206. The van der Waals surface area contributed by atoms with Gasteiger partial charge in [-0.2, -0.15) is 0 Å². The molecule has 0 saturated heterocycles. The number of hydrogen-bond donors (Lipinski definition) is 1. The van der Waals surface area contributed by atoms with Gasteiger partial charge in [-0.1, -0.05) is 32.9 Å². The van der Waals surface area contributed by atoms with Crippen LogP contribution in [-0.4, -0.2) is 11.7 Å². The Hall–Kier alpha value is -0.830. The van der Waals surface area contributed by atoms with E-state index >= 15 is 0 Å². The van der Waals surface area contributed by atoms with Crippen molar-refractivity contribution in [3.05, 3.63) is 17.0 Å². The zero-order valence-corrected chi connectivity index (χ0v) is 12.2. The van der Waals surface area contributed by atoms with E-state index < -0.39 is 0 Å². The first kappa shape index (κ1) is 13.6. The second kappa shape index (κ2) is 5.43. The van der Waals surface area contributed by atoms with E-state index in [2.05, 4.69) is 38.2 Å². The van der Waals surface area contributed by atoms with Crippen LogP contribution in [0.15, 0.2) is 4.52 Å². The highest BCUT2D eigenvalue weighted by Crippen LogP contribution is 2.38. The normalized spacial score (nSPS) is 19.9. The molecule has 1 atom stereocenters. The highest BCUT2D eigenvalue weighted by atomic mass is 16.5. The first-order valence-electron chi connectivity index (χ1n) is 7.19. The van der Waals surface area contributed by atoms with Gasteiger partial charge in [0.05, 0.1) is 0 Å². The molecule has 0 aromatic carbocycles. The quantitative estimate of drug-likeness (QED) is 0.833. The van der Waals surface area contributed by atoms with E-state index in [1.165, 1.54) is 12.0 Å². The molecule has 3 nitrogen and oxygen atoms in total. The molecule has 0 aliphatic heterocycles. The second-order valence-corrected chi connectivity index (χ2v) is 6.51. The monoisotopic (exact) mass is 250 g/mol. The number of aromatic nitrogens is 1. The van der Waals surface area contributed by atoms with Crippen molar-refractivity contribution in [3.63, 3.8) is 0 Å². The zero-order chi connectivity index (χ0) is 13.2. The molecule has 0 saturated carbocycles. The van der Waals surface area contributed by atoms with Gasteiger partial charge in [0.1, 0.15) is 11.5 Å². The maximum absolute atomic E-state index is 5.49. The molecule has 1 unspecified atom stereocenters. The third-order valence-electron chi connectivity index (χ3n) is 4.07. The van der Waals surface area contributed by atoms with Crippen LogP contribution in [0.1, 0.15) is 57.6 Å². The fourth-order valence-corrected chi connectivity index (χ4v) is 2.73. The SMILES string of the molecule is CCCNCc1noc2c1CC(C(C)(C)C)CC2. The zero-order valence-electron chi connectivity index (χ0n) is 12.2. The fraction of sp³-hybridized carbons (Fsp3) is 0.800. The highest BCUT2D eigenvalue weighted by Gasteiger charge is 2.32. The molecule has 102 valence electrons. The minimum atomic E-state index is 0.378. The number of rotatable bonds is 4. The lowest BCUT2D eigenvalue weighted by Gasteiger charge is -2.33. The molecule has 1 aliphatic rings. The molecule has 0 fully saturated rings. The van der Waals surface area contributed by atoms with Gasteiger partial charge >= 0.3 is 0 Å². The van der Waals surface area contributed by atoms with Crippen LogP contribution in [-0.2, 0) is 19.4 Å². The first-order valence-corrected chi connectivity index (χ1v) is 7.19. The van der Waals surface area contributed by atoms with Crippen molar-refractivity contribution in [2.45, 2.75) is 59.9 Å². The average Bonchev–Trinajstić information content (AvgIpc) is 2.71. The summed E-state index contributed by atoms with van der Waals surface area (Å²) in [6.45, 7) is 11.1. The van der Waals surface area contributed by atoms with Crippen LogP contribution in [0.2, 0.25) is 0 Å². The van der Waals surface area contributed by atoms with Crippen LogP contribution in [0.3, 0.4) is 0 Å². The second-order valence-electron chi connectivity index (χ2n) is 6.51. The van der Waals surface area contributed by atoms with E-state index in [0.717, 1.165) is 49.7 Å². The summed E-state index contributed by atoms with van der Waals surface area (Å²) in [7, 11) is 0. The van der Waals surface area contributed by atoms with Crippen LogP contribution in [0.4, 0.5) is 0 Å². The molecule has 1 aromatic rings. The fourth-order valence-electron chi connectivity index (χ4n) is 2.73. The van der Waals surface area contributed by atoms with Crippen molar-refractivity contribution in [1.29, 1.82) is 0 Å². The Kier molecular flexibility index (Phi) is 4.10. The smallest absolute Gasteiger partial charge is 0.140 e. The van der Waals surface area contributed by atoms with Gasteiger partial charge in [0.2, 0.25) is 0 Å². The van der Waals surface area contributed by atoms with E-state index in [9.17, 15) is 0 Å². The lowest BCUT2D eigenvalue weighted by atomic mass is 9.71. The van der Waals surface area contributed by atoms with Gasteiger partial charge in [0, 0.05) is 18.5 Å². The molecular weight excluding hydrogens is 224 g/mol. The standard InChI is InChI=1S/C15H26N2O/c1-5-8-16-10-13-12-9-11(15(2,3)4)6-7-14(12)18-17-13/h11,16H,5-10H2,1-4H3. The molecule has 3 heteroatoms. The molecule has 1 aliphatic carbocycles. The van der Waals surface area contributed by atoms with Gasteiger partial charge in [-0.3, -0.25) is 0 Å². The van der Waals surface area contributed by atoms with E-state index in [4.69, 9.17) is 4.52 Å². The minimum Gasteiger partial charge on any atom is -0.361 e.